The van der Waals surface area contributed by atoms with Crippen molar-refractivity contribution in [2.45, 2.75) is 11.3 Å². The molecule has 5 nitrogen and oxygen atoms in total. The lowest BCUT2D eigenvalue weighted by Gasteiger charge is -2.18. The molecule has 0 unspecified atom stereocenters. The van der Waals surface area contributed by atoms with Crippen molar-refractivity contribution >= 4 is 22.0 Å². The lowest BCUT2D eigenvalue weighted by atomic mass is 10.1. The third-order valence-electron chi connectivity index (χ3n) is 3.84. The van der Waals surface area contributed by atoms with Gasteiger partial charge in [-0.25, -0.2) is 8.42 Å². The Morgan fingerprint density at radius 3 is 2.28 bits per heavy atom. The van der Waals surface area contributed by atoms with Crippen LogP contribution in [0, 0.1) is 0 Å². The summed E-state index contributed by atoms with van der Waals surface area (Å²) in [6.45, 7) is 0.984. The molecule has 3 rings (SSSR count). The Hall–Kier alpha value is -2.31. The second-order valence-electron chi connectivity index (χ2n) is 5.70. The number of ether oxygens (including phenoxy) is 2. The number of hydrogen-bond donors (Lipinski definition) is 1. The van der Waals surface area contributed by atoms with E-state index in [1.165, 1.54) is 0 Å². The summed E-state index contributed by atoms with van der Waals surface area (Å²) in [4.78, 5) is 0.275. The second-order valence-corrected chi connectivity index (χ2v) is 7.81. The molecule has 0 saturated carbocycles. The maximum absolute atomic E-state index is 12.1. The van der Waals surface area contributed by atoms with E-state index in [4.69, 9.17) is 14.6 Å². The molecule has 25 heavy (non-hydrogen) atoms. The molecular weight excluding hydrogens is 340 g/mol. The molecule has 0 aromatic heterocycles. The van der Waals surface area contributed by atoms with Crippen LogP contribution in [0.4, 0.5) is 0 Å². The number of hydrogen-bond acceptors (Lipinski definition) is 5. The fourth-order valence-corrected chi connectivity index (χ4v) is 3.81. The predicted octanol–water partition coefficient (Wildman–Crippen LogP) is 2.78. The molecule has 0 amide bonds. The van der Waals surface area contributed by atoms with Gasteiger partial charge in [0.25, 0.3) is 0 Å². The highest BCUT2D eigenvalue weighted by Gasteiger charge is 2.13. The number of rotatable bonds is 6. The predicted molar refractivity (Wildman–Crippen MR) is 96.6 cm³/mol. The van der Waals surface area contributed by atoms with Gasteiger partial charge in [-0.05, 0) is 41.8 Å². The molecular formula is C19H20O5S. The fourth-order valence-electron chi connectivity index (χ4n) is 2.51. The minimum atomic E-state index is -3.33. The van der Waals surface area contributed by atoms with Crippen molar-refractivity contribution < 1.29 is 23.0 Å². The zero-order valence-corrected chi connectivity index (χ0v) is 14.5. The van der Waals surface area contributed by atoms with Crippen LogP contribution in [0.3, 0.4) is 0 Å². The second kappa shape index (κ2) is 7.72. The largest absolute Gasteiger partial charge is 0.486 e. The van der Waals surface area contributed by atoms with Gasteiger partial charge >= 0.3 is 0 Å². The van der Waals surface area contributed by atoms with Crippen molar-refractivity contribution in [3.05, 3.63) is 53.6 Å². The molecule has 2 aromatic carbocycles. The van der Waals surface area contributed by atoms with Crippen molar-refractivity contribution in [1.82, 2.24) is 0 Å². The lowest BCUT2D eigenvalue weighted by molar-refractivity contribution is 0.171. The van der Waals surface area contributed by atoms with E-state index in [1.807, 2.05) is 30.4 Å². The lowest BCUT2D eigenvalue weighted by Crippen LogP contribution is -2.15. The summed E-state index contributed by atoms with van der Waals surface area (Å²) >= 11 is 0. The number of sulfone groups is 1. The quantitative estimate of drug-likeness (QED) is 0.802. The van der Waals surface area contributed by atoms with Crippen LogP contribution in [0.25, 0.3) is 12.2 Å². The zero-order valence-electron chi connectivity index (χ0n) is 13.7. The Balaban J connectivity index is 1.72. The van der Waals surface area contributed by atoms with Crippen LogP contribution >= 0.6 is 0 Å². The minimum absolute atomic E-state index is 0.0458. The van der Waals surface area contributed by atoms with Crippen LogP contribution in [0.1, 0.15) is 17.5 Å². The SMILES string of the molecule is O=S(=O)(CCCO)c1ccc(C=Cc2ccc3c(c2)OCCO3)cc1. The molecule has 1 aliphatic heterocycles. The first-order chi connectivity index (χ1) is 12.1. The Morgan fingerprint density at radius 2 is 1.56 bits per heavy atom. The van der Waals surface area contributed by atoms with Gasteiger partial charge in [-0.15, -0.1) is 0 Å². The highest BCUT2D eigenvalue weighted by molar-refractivity contribution is 7.91. The van der Waals surface area contributed by atoms with Crippen molar-refractivity contribution in [3.8, 4) is 11.5 Å². The molecule has 0 atom stereocenters. The van der Waals surface area contributed by atoms with E-state index in [9.17, 15) is 8.42 Å². The van der Waals surface area contributed by atoms with Crippen LogP contribution in [0.2, 0.25) is 0 Å². The van der Waals surface area contributed by atoms with Crippen LogP contribution in [-0.4, -0.2) is 39.1 Å². The Labute approximate surface area is 147 Å². The van der Waals surface area contributed by atoms with E-state index in [0.717, 1.165) is 22.6 Å². The maximum atomic E-state index is 12.1. The highest BCUT2D eigenvalue weighted by Crippen LogP contribution is 2.31. The van der Waals surface area contributed by atoms with Crippen LogP contribution in [0.15, 0.2) is 47.4 Å². The van der Waals surface area contributed by atoms with E-state index in [0.29, 0.717) is 13.2 Å². The number of fused-ring (bicyclic) bond motifs is 1. The molecule has 2 aromatic rings. The molecule has 1 heterocycles. The van der Waals surface area contributed by atoms with Gasteiger partial charge in [0.2, 0.25) is 0 Å². The summed E-state index contributed by atoms with van der Waals surface area (Å²) < 4.78 is 35.2. The van der Waals surface area contributed by atoms with Gasteiger partial charge in [-0.3, -0.25) is 0 Å². The van der Waals surface area contributed by atoms with Gasteiger partial charge in [0.1, 0.15) is 13.2 Å². The van der Waals surface area contributed by atoms with Gasteiger partial charge in [0.15, 0.2) is 21.3 Å². The van der Waals surface area contributed by atoms with Crippen molar-refractivity contribution in [2.75, 3.05) is 25.6 Å². The molecule has 6 heteroatoms. The first kappa shape index (κ1) is 17.5. The molecule has 0 saturated heterocycles. The Morgan fingerprint density at radius 1 is 0.920 bits per heavy atom. The van der Waals surface area contributed by atoms with Crippen LogP contribution in [0.5, 0.6) is 11.5 Å². The third kappa shape index (κ3) is 4.41. The first-order valence-corrected chi connectivity index (χ1v) is 9.75. The Kier molecular flexibility index (Phi) is 5.40. The smallest absolute Gasteiger partial charge is 0.178 e. The summed E-state index contributed by atoms with van der Waals surface area (Å²) in [7, 11) is -3.33. The molecule has 132 valence electrons. The zero-order chi connectivity index (χ0) is 17.7. The van der Waals surface area contributed by atoms with Gasteiger partial charge in [-0.2, -0.15) is 0 Å². The molecule has 0 bridgehead atoms. The average Bonchev–Trinajstić information content (AvgIpc) is 2.65. The topological polar surface area (TPSA) is 72.8 Å². The standard InChI is InChI=1S/C19H20O5S/c20-10-1-13-25(21,22)17-7-4-15(5-8-17)2-3-16-6-9-18-19(14-16)24-12-11-23-18/h2-9,14,20H,1,10-13H2. The molecule has 0 aliphatic carbocycles. The summed E-state index contributed by atoms with van der Waals surface area (Å²) in [5.74, 6) is 1.44. The van der Waals surface area contributed by atoms with Gasteiger partial charge in [-0.1, -0.05) is 30.4 Å². The maximum Gasteiger partial charge on any atom is 0.178 e. The average molecular weight is 360 g/mol. The monoisotopic (exact) mass is 360 g/mol. The van der Waals surface area contributed by atoms with Crippen LogP contribution < -0.4 is 9.47 Å². The molecule has 0 fully saturated rings. The fraction of sp³-hybridized carbons (Fsp3) is 0.263. The van der Waals surface area contributed by atoms with E-state index >= 15 is 0 Å². The Bertz CT molecular complexity index is 854. The van der Waals surface area contributed by atoms with Crippen molar-refractivity contribution in [2.24, 2.45) is 0 Å². The third-order valence-corrected chi connectivity index (χ3v) is 5.66. The van der Waals surface area contributed by atoms with Crippen molar-refractivity contribution in [1.29, 1.82) is 0 Å². The number of benzene rings is 2. The summed E-state index contributed by atoms with van der Waals surface area (Å²) in [5, 5.41) is 8.78. The van der Waals surface area contributed by atoms with E-state index in [-0.39, 0.29) is 23.7 Å². The summed E-state index contributed by atoms with van der Waals surface area (Å²) in [5.41, 5.74) is 1.87. The van der Waals surface area contributed by atoms with Crippen LogP contribution in [-0.2, 0) is 9.84 Å². The molecule has 1 N–H and O–H groups in total. The molecule has 0 spiro atoms. The van der Waals surface area contributed by atoms with Gasteiger partial charge in [0.05, 0.1) is 10.6 Å². The normalized spacial score (nSPS) is 14.0. The first-order valence-electron chi connectivity index (χ1n) is 8.10. The highest BCUT2D eigenvalue weighted by atomic mass is 32.2. The minimum Gasteiger partial charge on any atom is -0.486 e. The van der Waals surface area contributed by atoms with E-state index in [2.05, 4.69) is 0 Å². The summed E-state index contributed by atoms with van der Waals surface area (Å²) in [6.07, 6.45) is 4.09. The van der Waals surface area contributed by atoms with E-state index < -0.39 is 9.84 Å². The summed E-state index contributed by atoms with van der Waals surface area (Å²) in [6, 6.07) is 12.5. The van der Waals surface area contributed by atoms with Crippen molar-refractivity contribution in [3.63, 3.8) is 0 Å². The van der Waals surface area contributed by atoms with Gasteiger partial charge in [0, 0.05) is 6.61 Å². The number of aliphatic hydroxyl groups is 1. The van der Waals surface area contributed by atoms with Gasteiger partial charge < -0.3 is 14.6 Å². The molecule has 1 aliphatic rings. The number of aliphatic hydroxyl groups excluding tert-OH is 1. The van der Waals surface area contributed by atoms with E-state index in [1.54, 1.807) is 24.3 Å². The molecule has 0 radical (unpaired) electrons.